The highest BCUT2D eigenvalue weighted by Gasteiger charge is 2.64. The van der Waals surface area contributed by atoms with E-state index in [-0.39, 0.29) is 29.4 Å². The van der Waals surface area contributed by atoms with Crippen LogP contribution in [0.4, 0.5) is 4.79 Å². The van der Waals surface area contributed by atoms with Crippen molar-refractivity contribution in [1.82, 2.24) is 19.1 Å². The van der Waals surface area contributed by atoms with Crippen LogP contribution in [0, 0.1) is 5.41 Å². The van der Waals surface area contributed by atoms with Crippen LogP contribution in [0.2, 0.25) is 0 Å². The summed E-state index contributed by atoms with van der Waals surface area (Å²) in [6.45, 7) is 10.4. The third-order valence-corrected chi connectivity index (χ3v) is 13.8. The first-order chi connectivity index (χ1) is 25.5. The summed E-state index contributed by atoms with van der Waals surface area (Å²) in [5.41, 5.74) is 5.29. The molecule has 5 aliphatic rings. The van der Waals surface area contributed by atoms with E-state index >= 15 is 4.79 Å². The first-order valence-electron chi connectivity index (χ1n) is 20.1. The zero-order valence-corrected chi connectivity index (χ0v) is 33.0. The third-order valence-electron chi connectivity index (χ3n) is 12.9. The maximum Gasteiger partial charge on any atom is 0.410 e. The van der Waals surface area contributed by atoms with Gasteiger partial charge in [0, 0.05) is 65.4 Å². The van der Waals surface area contributed by atoms with Gasteiger partial charge in [-0.25, -0.2) is 4.79 Å². The maximum atomic E-state index is 15.1. The van der Waals surface area contributed by atoms with E-state index in [2.05, 4.69) is 51.4 Å². The highest BCUT2D eigenvalue weighted by atomic mass is 32.2. The summed E-state index contributed by atoms with van der Waals surface area (Å²) < 4.78 is 17.1. The van der Waals surface area contributed by atoms with Crippen molar-refractivity contribution >= 4 is 40.8 Å². The molecule has 0 radical (unpaired) electrons. The van der Waals surface area contributed by atoms with E-state index in [1.165, 1.54) is 59.0 Å². The highest BCUT2D eigenvalue weighted by Crippen LogP contribution is 2.66. The van der Waals surface area contributed by atoms with Crippen LogP contribution < -0.4 is 9.46 Å². The van der Waals surface area contributed by atoms with Crippen molar-refractivity contribution in [3.63, 3.8) is 0 Å². The largest absolute Gasteiger partial charge is 0.497 e. The van der Waals surface area contributed by atoms with Crippen molar-refractivity contribution < 1.29 is 23.9 Å². The molecule has 2 saturated heterocycles. The first-order valence-corrected chi connectivity index (χ1v) is 21.0. The Bertz CT molecular complexity index is 1920. The SMILES string of the molecule is CCCSNC(=O)c1ccc2c(C3CCCCC3)c3n(c2c1)CC1(C(=O)N2CCC4(CCCN4C(=O)OC(C)(C)C)CC2)CC1c1cc(OC)ccc1-3. The van der Waals surface area contributed by atoms with Gasteiger partial charge in [0.15, 0.2) is 0 Å². The van der Waals surface area contributed by atoms with Crippen molar-refractivity contribution in [3.05, 3.63) is 53.1 Å². The van der Waals surface area contributed by atoms with Crippen LogP contribution in [0.25, 0.3) is 22.2 Å². The lowest BCUT2D eigenvalue weighted by Crippen LogP contribution is -2.56. The second-order valence-electron chi connectivity index (χ2n) is 17.3. The van der Waals surface area contributed by atoms with E-state index in [4.69, 9.17) is 9.47 Å². The zero-order chi connectivity index (χ0) is 37.1. The van der Waals surface area contributed by atoms with Crippen molar-refractivity contribution in [3.8, 4) is 17.0 Å². The van der Waals surface area contributed by atoms with E-state index in [0.717, 1.165) is 68.4 Å². The smallest absolute Gasteiger partial charge is 0.410 e. The summed E-state index contributed by atoms with van der Waals surface area (Å²) in [6.07, 6.45) is 11.0. The van der Waals surface area contributed by atoms with Gasteiger partial charge in [0.2, 0.25) is 5.91 Å². The number of amides is 3. The minimum Gasteiger partial charge on any atom is -0.497 e. The first kappa shape index (κ1) is 36.3. The number of nitrogens with zero attached hydrogens (tertiary/aromatic N) is 3. The number of carbonyl (C=O) groups is 3. The number of piperidine rings is 1. The molecular weight excluding hydrogens is 685 g/mol. The van der Waals surface area contributed by atoms with Gasteiger partial charge in [0.1, 0.15) is 11.4 Å². The molecule has 3 amide bonds. The summed E-state index contributed by atoms with van der Waals surface area (Å²) >= 11 is 1.46. The van der Waals surface area contributed by atoms with Gasteiger partial charge in [-0.15, -0.1) is 0 Å². The molecule has 2 saturated carbocycles. The number of likely N-dealkylation sites (tertiary alicyclic amines) is 2. The lowest BCUT2D eigenvalue weighted by Gasteiger charge is -2.45. The molecule has 284 valence electrons. The Kier molecular flexibility index (Phi) is 9.51. The van der Waals surface area contributed by atoms with E-state index < -0.39 is 11.0 Å². The Balaban J connectivity index is 1.18. The molecule has 2 unspecified atom stereocenters. The molecule has 3 aliphatic heterocycles. The van der Waals surface area contributed by atoms with Crippen LogP contribution in [-0.4, -0.2) is 75.9 Å². The van der Waals surface area contributed by atoms with Crippen molar-refractivity contribution in [1.29, 1.82) is 0 Å². The van der Waals surface area contributed by atoms with Crippen LogP contribution in [0.3, 0.4) is 0 Å². The summed E-state index contributed by atoms with van der Waals surface area (Å²) in [7, 11) is 1.71. The van der Waals surface area contributed by atoms with Gasteiger partial charge in [-0.3, -0.25) is 14.3 Å². The third kappa shape index (κ3) is 6.40. The van der Waals surface area contributed by atoms with Crippen LogP contribution in [-0.2, 0) is 16.1 Å². The number of fused-ring (bicyclic) bond motifs is 7. The average molecular weight is 741 g/mol. The van der Waals surface area contributed by atoms with Crippen molar-refractivity contribution in [2.45, 2.75) is 128 Å². The topological polar surface area (TPSA) is 93.1 Å². The molecule has 4 heterocycles. The molecule has 1 N–H and O–H groups in total. The Hall–Kier alpha value is -3.66. The number of nitrogens with one attached hydrogen (secondary N) is 1. The van der Waals surface area contributed by atoms with Gasteiger partial charge in [0.25, 0.3) is 5.91 Å². The Morgan fingerprint density at radius 3 is 2.45 bits per heavy atom. The number of benzene rings is 2. The number of rotatable bonds is 7. The quantitative estimate of drug-likeness (QED) is 0.192. The van der Waals surface area contributed by atoms with Gasteiger partial charge >= 0.3 is 6.09 Å². The molecule has 10 heteroatoms. The van der Waals surface area contributed by atoms with E-state index in [1.54, 1.807) is 7.11 Å². The van der Waals surface area contributed by atoms with Gasteiger partial charge in [0.05, 0.1) is 18.2 Å². The predicted molar refractivity (Wildman–Crippen MR) is 210 cm³/mol. The Morgan fingerprint density at radius 2 is 1.74 bits per heavy atom. The monoisotopic (exact) mass is 740 g/mol. The minimum absolute atomic E-state index is 0.0758. The fourth-order valence-electron chi connectivity index (χ4n) is 10.2. The molecule has 4 fully saturated rings. The molecule has 1 aromatic heterocycles. The Labute approximate surface area is 318 Å². The summed E-state index contributed by atoms with van der Waals surface area (Å²) in [5, 5.41) is 1.21. The lowest BCUT2D eigenvalue weighted by molar-refractivity contribution is -0.140. The van der Waals surface area contributed by atoms with Crippen molar-refractivity contribution in [2.75, 3.05) is 32.5 Å². The van der Waals surface area contributed by atoms with E-state index in [0.29, 0.717) is 37.7 Å². The van der Waals surface area contributed by atoms with E-state index in [9.17, 15) is 9.59 Å². The summed E-state index contributed by atoms with van der Waals surface area (Å²) in [6, 6.07) is 12.7. The number of ether oxygens (including phenoxy) is 2. The molecule has 2 aliphatic carbocycles. The van der Waals surface area contributed by atoms with Crippen LogP contribution in [0.15, 0.2) is 36.4 Å². The second kappa shape index (κ2) is 13.9. The van der Waals surface area contributed by atoms with Crippen LogP contribution in [0.5, 0.6) is 5.75 Å². The number of aromatic nitrogens is 1. The minimum atomic E-state index is -0.595. The van der Waals surface area contributed by atoms with Gasteiger partial charge in [-0.2, -0.15) is 0 Å². The highest BCUT2D eigenvalue weighted by molar-refractivity contribution is 7.97. The average Bonchev–Trinajstić information content (AvgIpc) is 3.64. The number of methoxy groups -OCH3 is 1. The second-order valence-corrected chi connectivity index (χ2v) is 18.2. The molecule has 2 atom stereocenters. The van der Waals surface area contributed by atoms with Crippen LogP contribution >= 0.6 is 11.9 Å². The number of hydrogen-bond donors (Lipinski definition) is 1. The molecule has 53 heavy (non-hydrogen) atoms. The molecule has 2 aromatic carbocycles. The molecular formula is C43H56N4O5S. The zero-order valence-electron chi connectivity index (χ0n) is 32.2. The fourth-order valence-corrected chi connectivity index (χ4v) is 10.8. The van der Waals surface area contributed by atoms with E-state index in [1.807, 2.05) is 31.7 Å². The lowest BCUT2D eigenvalue weighted by atomic mass is 9.81. The van der Waals surface area contributed by atoms with Crippen LogP contribution in [0.1, 0.15) is 132 Å². The van der Waals surface area contributed by atoms with Gasteiger partial charge < -0.3 is 23.8 Å². The number of carbonyl (C=O) groups excluding carboxylic acids is 3. The summed E-state index contributed by atoms with van der Waals surface area (Å²) in [4.78, 5) is 45.9. The van der Waals surface area contributed by atoms with Gasteiger partial charge in [-0.05, 0) is 120 Å². The molecule has 9 nitrogen and oxygen atoms in total. The fraction of sp³-hybridized carbons (Fsp3) is 0.605. The van der Waals surface area contributed by atoms with Crippen molar-refractivity contribution in [2.24, 2.45) is 5.41 Å². The maximum absolute atomic E-state index is 15.1. The predicted octanol–water partition coefficient (Wildman–Crippen LogP) is 9.03. The molecule has 0 bridgehead atoms. The molecule has 1 spiro atoms. The number of hydrogen-bond acceptors (Lipinski definition) is 6. The standard InChI is InChI=1S/C43H56N4O5S/c1-6-23-53-44-38(48)29-13-15-32-35(24-29)46-27-43(39(49)45-21-18-42(19-22-45)17-10-20-47(42)40(50)52-41(2,3)4)26-34(43)33-25-30(51-5)14-16-31(33)37(46)36(32)28-11-8-7-9-12-28/h13-16,24-25,28,34H,6-12,17-23,26-27H2,1-5H3,(H,44,48). The Morgan fingerprint density at radius 1 is 0.962 bits per heavy atom. The molecule has 3 aromatic rings. The normalized spacial score (nSPS) is 23.6. The van der Waals surface area contributed by atoms with Gasteiger partial charge in [-0.1, -0.05) is 44.2 Å². The summed E-state index contributed by atoms with van der Waals surface area (Å²) in [5.74, 6) is 2.31. The molecule has 8 rings (SSSR count).